The lowest BCUT2D eigenvalue weighted by atomic mass is 9.47. The predicted octanol–water partition coefficient (Wildman–Crippen LogP) is 4.50. The Morgan fingerprint density at radius 1 is 0.848 bits per heavy atom. The first kappa shape index (κ1) is 23.2. The van der Waals surface area contributed by atoms with Gasteiger partial charge in [0, 0.05) is 24.5 Å². The lowest BCUT2D eigenvalue weighted by Crippen LogP contribution is -2.64. The van der Waals surface area contributed by atoms with Crippen molar-refractivity contribution in [3.8, 4) is 0 Å². The van der Waals surface area contributed by atoms with E-state index in [4.69, 9.17) is 4.74 Å². The maximum Gasteiger partial charge on any atom is 0.312 e. The van der Waals surface area contributed by atoms with Crippen molar-refractivity contribution in [3.05, 3.63) is 0 Å². The fourth-order valence-electron chi connectivity index (χ4n) is 8.80. The van der Waals surface area contributed by atoms with Crippen LogP contribution in [0, 0.1) is 17.3 Å². The largest absolute Gasteiger partial charge is 0.455 e. The van der Waals surface area contributed by atoms with Crippen LogP contribution in [0.4, 0.5) is 0 Å². The third kappa shape index (κ3) is 4.68. The molecule has 6 rings (SSSR count). The second-order valence-corrected chi connectivity index (χ2v) is 12.2. The first-order valence-corrected chi connectivity index (χ1v) is 13.7. The average molecular weight is 459 g/mol. The Balaban J connectivity index is 1.26. The lowest BCUT2D eigenvalue weighted by Gasteiger charge is -2.60. The molecule has 33 heavy (non-hydrogen) atoms. The third-order valence-electron chi connectivity index (χ3n) is 9.49. The van der Waals surface area contributed by atoms with Crippen LogP contribution in [0.3, 0.4) is 0 Å². The third-order valence-corrected chi connectivity index (χ3v) is 9.49. The fraction of sp³-hybridized carbons (Fsp3) is 0.889. The van der Waals surface area contributed by atoms with Gasteiger partial charge in [0.1, 0.15) is 0 Å². The van der Waals surface area contributed by atoms with Gasteiger partial charge in [0.2, 0.25) is 5.91 Å². The number of carbonyl (C=O) groups excluding carboxylic acids is 3. The van der Waals surface area contributed by atoms with Crippen molar-refractivity contribution in [2.75, 3.05) is 6.61 Å². The molecular formula is C27H42N2O4. The number of amides is 2. The molecule has 0 saturated heterocycles. The Labute approximate surface area is 198 Å². The van der Waals surface area contributed by atoms with E-state index in [-0.39, 0.29) is 29.9 Å². The van der Waals surface area contributed by atoms with Gasteiger partial charge >= 0.3 is 5.97 Å². The van der Waals surface area contributed by atoms with Crippen LogP contribution in [0.2, 0.25) is 0 Å². The summed E-state index contributed by atoms with van der Waals surface area (Å²) < 4.78 is 5.86. The van der Waals surface area contributed by atoms with Crippen LogP contribution in [0.5, 0.6) is 0 Å². The molecule has 1 N–H and O–H groups in total. The number of hydrogen-bond donors (Lipinski definition) is 1. The number of hydrogen-bond acceptors (Lipinski definition) is 4. The summed E-state index contributed by atoms with van der Waals surface area (Å²) in [4.78, 5) is 41.0. The van der Waals surface area contributed by atoms with Crippen LogP contribution in [0.15, 0.2) is 0 Å². The summed E-state index contributed by atoms with van der Waals surface area (Å²) in [5.41, 5.74) is -0.775. The maximum atomic E-state index is 13.5. The summed E-state index contributed by atoms with van der Waals surface area (Å²) >= 11 is 0. The first-order chi connectivity index (χ1) is 15.9. The SMILES string of the molecule is CC(=O)NC12CC3CC(C1)CC(C(=O)OCC(=O)N(C1CCCCC1)C1CCCCC1)(C3)C2. The monoisotopic (exact) mass is 458 g/mol. The molecule has 6 nitrogen and oxygen atoms in total. The summed E-state index contributed by atoms with van der Waals surface area (Å²) in [6.45, 7) is 1.46. The quantitative estimate of drug-likeness (QED) is 0.595. The summed E-state index contributed by atoms with van der Waals surface area (Å²) in [5.74, 6) is 0.770. The van der Waals surface area contributed by atoms with E-state index in [9.17, 15) is 14.4 Å². The molecule has 0 heterocycles. The highest BCUT2D eigenvalue weighted by Gasteiger charge is 2.61. The summed E-state index contributed by atoms with van der Waals surface area (Å²) in [6, 6.07) is 0.631. The van der Waals surface area contributed by atoms with E-state index < -0.39 is 5.41 Å². The number of esters is 1. The predicted molar refractivity (Wildman–Crippen MR) is 125 cm³/mol. The van der Waals surface area contributed by atoms with Gasteiger partial charge in [0.05, 0.1) is 5.41 Å². The number of ether oxygens (including phenoxy) is 1. The first-order valence-electron chi connectivity index (χ1n) is 13.7. The minimum atomic E-state index is -0.521. The Morgan fingerprint density at radius 3 is 1.91 bits per heavy atom. The van der Waals surface area contributed by atoms with Crippen molar-refractivity contribution >= 4 is 17.8 Å². The van der Waals surface area contributed by atoms with Crippen molar-refractivity contribution < 1.29 is 19.1 Å². The molecule has 2 atom stereocenters. The van der Waals surface area contributed by atoms with Gasteiger partial charge < -0.3 is 15.0 Å². The number of nitrogens with zero attached hydrogens (tertiary/aromatic N) is 1. The molecular weight excluding hydrogens is 416 g/mol. The standard InChI is InChI=1S/C27H42N2O4/c1-19(30)28-27-15-20-12-21(16-27)14-26(13-20,18-27)25(32)33-17-24(31)29(22-8-4-2-5-9-22)23-10-6-3-7-11-23/h20-23H,2-18H2,1H3,(H,28,30). The van der Waals surface area contributed by atoms with Gasteiger partial charge in [-0.15, -0.1) is 0 Å². The Kier molecular flexibility index (Phi) is 6.47. The molecule has 2 amide bonds. The lowest BCUT2D eigenvalue weighted by molar-refractivity contribution is -0.179. The zero-order chi connectivity index (χ0) is 23.1. The summed E-state index contributed by atoms with van der Waals surface area (Å²) in [7, 11) is 0. The molecule has 0 aliphatic heterocycles. The highest BCUT2D eigenvalue weighted by atomic mass is 16.5. The zero-order valence-electron chi connectivity index (χ0n) is 20.4. The second-order valence-electron chi connectivity index (χ2n) is 12.2. The van der Waals surface area contributed by atoms with E-state index in [1.165, 1.54) is 38.5 Å². The molecule has 6 fully saturated rings. The van der Waals surface area contributed by atoms with Crippen LogP contribution in [0.25, 0.3) is 0 Å². The Hall–Kier alpha value is -1.59. The van der Waals surface area contributed by atoms with Gasteiger partial charge in [-0.05, 0) is 76.0 Å². The number of rotatable bonds is 6. The molecule has 6 saturated carbocycles. The summed E-state index contributed by atoms with van der Waals surface area (Å²) in [6.07, 6.45) is 17.1. The maximum absolute atomic E-state index is 13.5. The van der Waals surface area contributed by atoms with Crippen molar-refractivity contribution in [1.29, 1.82) is 0 Å². The highest BCUT2D eigenvalue weighted by molar-refractivity contribution is 5.84. The molecule has 0 spiro atoms. The average Bonchev–Trinajstić information content (AvgIpc) is 2.77. The fourth-order valence-corrected chi connectivity index (χ4v) is 8.80. The van der Waals surface area contributed by atoms with Crippen molar-refractivity contribution in [2.45, 2.75) is 127 Å². The molecule has 6 heteroatoms. The highest BCUT2D eigenvalue weighted by Crippen LogP contribution is 2.62. The van der Waals surface area contributed by atoms with Gasteiger partial charge in [0.15, 0.2) is 6.61 Å². The molecule has 4 bridgehead atoms. The molecule has 0 aromatic rings. The molecule has 184 valence electrons. The minimum absolute atomic E-state index is 0.00810. The van der Waals surface area contributed by atoms with E-state index >= 15 is 0 Å². The minimum Gasteiger partial charge on any atom is -0.455 e. The topological polar surface area (TPSA) is 75.7 Å². The van der Waals surface area contributed by atoms with Crippen LogP contribution in [-0.4, -0.2) is 46.9 Å². The molecule has 0 radical (unpaired) electrons. The number of carbonyl (C=O) groups is 3. The van der Waals surface area contributed by atoms with Crippen LogP contribution < -0.4 is 5.32 Å². The molecule has 6 aliphatic rings. The normalized spacial score (nSPS) is 36.4. The van der Waals surface area contributed by atoms with Gasteiger partial charge in [-0.1, -0.05) is 38.5 Å². The van der Waals surface area contributed by atoms with Gasteiger partial charge in [0.25, 0.3) is 5.91 Å². The van der Waals surface area contributed by atoms with Crippen molar-refractivity contribution in [1.82, 2.24) is 10.2 Å². The summed E-state index contributed by atoms with van der Waals surface area (Å²) in [5, 5.41) is 3.21. The van der Waals surface area contributed by atoms with Crippen molar-refractivity contribution in [2.24, 2.45) is 17.3 Å². The van der Waals surface area contributed by atoms with E-state index in [1.807, 2.05) is 0 Å². The smallest absolute Gasteiger partial charge is 0.312 e. The van der Waals surface area contributed by atoms with E-state index in [0.717, 1.165) is 57.8 Å². The molecule has 6 aliphatic carbocycles. The van der Waals surface area contributed by atoms with Gasteiger partial charge in [-0.3, -0.25) is 14.4 Å². The molecule has 0 aromatic heterocycles. The van der Waals surface area contributed by atoms with Crippen LogP contribution >= 0.6 is 0 Å². The van der Waals surface area contributed by atoms with Crippen LogP contribution in [0.1, 0.15) is 110 Å². The Morgan fingerprint density at radius 2 is 1.39 bits per heavy atom. The Bertz CT molecular complexity index is 736. The van der Waals surface area contributed by atoms with Gasteiger partial charge in [-0.2, -0.15) is 0 Å². The van der Waals surface area contributed by atoms with Crippen molar-refractivity contribution in [3.63, 3.8) is 0 Å². The second kappa shape index (κ2) is 9.22. The van der Waals surface area contributed by atoms with Crippen LogP contribution in [-0.2, 0) is 19.1 Å². The number of nitrogens with one attached hydrogen (secondary N) is 1. The van der Waals surface area contributed by atoms with E-state index in [1.54, 1.807) is 6.92 Å². The van der Waals surface area contributed by atoms with E-state index in [0.29, 0.717) is 30.3 Å². The zero-order valence-corrected chi connectivity index (χ0v) is 20.4. The van der Waals surface area contributed by atoms with Gasteiger partial charge in [-0.25, -0.2) is 0 Å². The molecule has 0 aromatic carbocycles. The molecule has 2 unspecified atom stereocenters. The van der Waals surface area contributed by atoms with E-state index in [2.05, 4.69) is 10.2 Å².